The molecule has 19 heavy (non-hydrogen) atoms. The summed E-state index contributed by atoms with van der Waals surface area (Å²) < 4.78 is 1.83. The van der Waals surface area contributed by atoms with Gasteiger partial charge in [0.2, 0.25) is 0 Å². The molecule has 0 fully saturated rings. The lowest BCUT2D eigenvalue weighted by Crippen LogP contribution is -2.25. The second-order valence-electron chi connectivity index (χ2n) is 4.83. The summed E-state index contributed by atoms with van der Waals surface area (Å²) in [4.78, 5) is 12.2. The van der Waals surface area contributed by atoms with E-state index in [0.717, 1.165) is 25.2 Å². The molecule has 1 aliphatic heterocycles. The molecular weight excluding hydrogens is 238 g/mol. The Morgan fingerprint density at radius 1 is 1.32 bits per heavy atom. The Morgan fingerprint density at radius 2 is 2.21 bits per heavy atom. The number of fused-ring (bicyclic) bond motifs is 1. The molecule has 98 valence electrons. The van der Waals surface area contributed by atoms with E-state index in [1.807, 2.05) is 42.1 Å². The molecule has 3 rings (SSSR count). The molecule has 0 spiro atoms. The summed E-state index contributed by atoms with van der Waals surface area (Å²) in [6.07, 6.45) is 2.83. The fourth-order valence-electron chi connectivity index (χ4n) is 2.53. The first-order valence-electron chi connectivity index (χ1n) is 6.50. The van der Waals surface area contributed by atoms with Gasteiger partial charge >= 0.3 is 0 Å². The molecule has 1 aromatic heterocycles. The van der Waals surface area contributed by atoms with Gasteiger partial charge in [0, 0.05) is 25.5 Å². The first kappa shape index (κ1) is 12.0. The molecule has 4 nitrogen and oxygen atoms in total. The van der Waals surface area contributed by atoms with E-state index in [4.69, 9.17) is 0 Å². The Kier molecular flexibility index (Phi) is 3.09. The lowest BCUT2D eigenvalue weighted by atomic mass is 9.99. The summed E-state index contributed by atoms with van der Waals surface area (Å²) in [7, 11) is 1.87. The minimum absolute atomic E-state index is 0.0561. The molecule has 0 aliphatic carbocycles. The Hall–Kier alpha value is -2.07. The molecule has 1 aromatic carbocycles. The highest BCUT2D eigenvalue weighted by molar-refractivity contribution is 6.03. The Balaban J connectivity index is 1.88. The molecule has 2 N–H and O–H groups in total. The number of benzene rings is 1. The molecule has 1 amide bonds. The van der Waals surface area contributed by atoms with Crippen LogP contribution in [-0.2, 0) is 20.0 Å². The largest absolute Gasteiger partial charge is 0.347 e. The third-order valence-electron chi connectivity index (χ3n) is 3.56. The molecule has 2 heterocycles. The predicted molar refractivity (Wildman–Crippen MR) is 75.2 cm³/mol. The van der Waals surface area contributed by atoms with Crippen LogP contribution in [0.15, 0.2) is 36.5 Å². The summed E-state index contributed by atoms with van der Waals surface area (Å²) in [5.41, 5.74) is 4.14. The average Bonchev–Trinajstić information content (AvgIpc) is 2.85. The van der Waals surface area contributed by atoms with Crippen LogP contribution in [0.25, 0.3) is 0 Å². The maximum atomic E-state index is 12.2. The number of carbonyl (C=O) groups is 1. The highest BCUT2D eigenvalue weighted by Crippen LogP contribution is 2.23. The maximum Gasteiger partial charge on any atom is 0.272 e. The molecule has 0 atom stereocenters. The van der Waals surface area contributed by atoms with Crippen molar-refractivity contribution in [3.05, 3.63) is 53.3 Å². The van der Waals surface area contributed by atoms with Gasteiger partial charge in [0.05, 0.1) is 0 Å². The van der Waals surface area contributed by atoms with Gasteiger partial charge < -0.3 is 15.2 Å². The third-order valence-corrected chi connectivity index (χ3v) is 3.56. The number of hydrogen-bond acceptors (Lipinski definition) is 2. The minimum Gasteiger partial charge on any atom is -0.347 e. The zero-order chi connectivity index (χ0) is 13.2. The summed E-state index contributed by atoms with van der Waals surface area (Å²) in [6.45, 7) is 1.84. The van der Waals surface area contributed by atoms with Crippen LogP contribution in [0.2, 0.25) is 0 Å². The molecule has 2 aromatic rings. The van der Waals surface area contributed by atoms with Crippen LogP contribution >= 0.6 is 0 Å². The van der Waals surface area contributed by atoms with Crippen LogP contribution in [0.3, 0.4) is 0 Å². The van der Waals surface area contributed by atoms with Crippen molar-refractivity contribution in [1.29, 1.82) is 0 Å². The fraction of sp³-hybridized carbons (Fsp3) is 0.267. The van der Waals surface area contributed by atoms with E-state index in [2.05, 4.69) is 16.7 Å². The molecule has 0 bridgehead atoms. The van der Waals surface area contributed by atoms with E-state index in [1.165, 1.54) is 11.1 Å². The SMILES string of the molecule is Cn1cccc1C(=O)Nc1cccc2c1CCNC2. The number of anilines is 1. The molecule has 0 radical (unpaired) electrons. The van der Waals surface area contributed by atoms with Crippen molar-refractivity contribution in [2.75, 3.05) is 11.9 Å². The monoisotopic (exact) mass is 255 g/mol. The van der Waals surface area contributed by atoms with Crippen molar-refractivity contribution in [3.8, 4) is 0 Å². The van der Waals surface area contributed by atoms with Gasteiger partial charge in [-0.2, -0.15) is 0 Å². The van der Waals surface area contributed by atoms with Crippen molar-refractivity contribution in [2.45, 2.75) is 13.0 Å². The molecule has 0 saturated heterocycles. The number of amides is 1. The second kappa shape index (κ2) is 4.90. The van der Waals surface area contributed by atoms with Crippen molar-refractivity contribution in [2.24, 2.45) is 7.05 Å². The zero-order valence-electron chi connectivity index (χ0n) is 10.9. The fourth-order valence-corrected chi connectivity index (χ4v) is 2.53. The summed E-state index contributed by atoms with van der Waals surface area (Å²) in [6, 6.07) is 9.78. The van der Waals surface area contributed by atoms with Gasteiger partial charge in [-0.1, -0.05) is 12.1 Å². The van der Waals surface area contributed by atoms with Crippen LogP contribution in [0.5, 0.6) is 0 Å². The lowest BCUT2D eigenvalue weighted by molar-refractivity contribution is 0.101. The first-order chi connectivity index (χ1) is 9.25. The average molecular weight is 255 g/mol. The van der Waals surface area contributed by atoms with E-state index >= 15 is 0 Å². The number of nitrogens with zero attached hydrogens (tertiary/aromatic N) is 1. The Morgan fingerprint density at radius 3 is 3.00 bits per heavy atom. The third kappa shape index (κ3) is 2.27. The molecule has 1 aliphatic rings. The number of carbonyl (C=O) groups excluding carboxylic acids is 1. The van der Waals surface area contributed by atoms with Gasteiger partial charge in [-0.3, -0.25) is 4.79 Å². The zero-order valence-corrected chi connectivity index (χ0v) is 10.9. The van der Waals surface area contributed by atoms with Gasteiger partial charge in [-0.25, -0.2) is 0 Å². The first-order valence-corrected chi connectivity index (χ1v) is 6.50. The number of hydrogen-bond donors (Lipinski definition) is 2. The van der Waals surface area contributed by atoms with Crippen molar-refractivity contribution >= 4 is 11.6 Å². The van der Waals surface area contributed by atoms with E-state index in [9.17, 15) is 4.79 Å². The maximum absolute atomic E-state index is 12.2. The number of aromatic nitrogens is 1. The number of nitrogens with one attached hydrogen (secondary N) is 2. The summed E-state index contributed by atoms with van der Waals surface area (Å²) in [5, 5.41) is 6.37. The molecule has 0 unspecified atom stereocenters. The van der Waals surface area contributed by atoms with Crippen LogP contribution in [0.4, 0.5) is 5.69 Å². The van der Waals surface area contributed by atoms with E-state index in [-0.39, 0.29) is 5.91 Å². The lowest BCUT2D eigenvalue weighted by Gasteiger charge is -2.20. The summed E-state index contributed by atoms with van der Waals surface area (Å²) in [5.74, 6) is -0.0561. The standard InChI is InChI=1S/C15H17N3O/c1-18-9-3-6-14(18)15(19)17-13-5-2-4-11-10-16-8-7-12(11)13/h2-6,9,16H,7-8,10H2,1H3,(H,17,19). The topological polar surface area (TPSA) is 46.1 Å². The van der Waals surface area contributed by atoms with Gasteiger partial charge in [0.1, 0.15) is 5.69 Å². The quantitative estimate of drug-likeness (QED) is 0.861. The van der Waals surface area contributed by atoms with Crippen molar-refractivity contribution in [1.82, 2.24) is 9.88 Å². The van der Waals surface area contributed by atoms with E-state index in [0.29, 0.717) is 5.69 Å². The van der Waals surface area contributed by atoms with Crippen molar-refractivity contribution in [3.63, 3.8) is 0 Å². The van der Waals surface area contributed by atoms with Crippen LogP contribution < -0.4 is 10.6 Å². The minimum atomic E-state index is -0.0561. The van der Waals surface area contributed by atoms with Crippen LogP contribution in [0, 0.1) is 0 Å². The number of rotatable bonds is 2. The normalized spacial score (nSPS) is 13.9. The summed E-state index contributed by atoms with van der Waals surface area (Å²) >= 11 is 0. The van der Waals surface area contributed by atoms with E-state index < -0.39 is 0 Å². The van der Waals surface area contributed by atoms with Gasteiger partial charge in [-0.05, 0) is 42.3 Å². The molecule has 0 saturated carbocycles. The highest BCUT2D eigenvalue weighted by atomic mass is 16.1. The Labute approximate surface area is 112 Å². The van der Waals surface area contributed by atoms with Crippen molar-refractivity contribution < 1.29 is 4.79 Å². The smallest absolute Gasteiger partial charge is 0.272 e. The Bertz CT molecular complexity index is 616. The van der Waals surface area contributed by atoms with Gasteiger partial charge in [0.25, 0.3) is 5.91 Å². The second-order valence-corrected chi connectivity index (χ2v) is 4.83. The van der Waals surface area contributed by atoms with Crippen LogP contribution in [-0.4, -0.2) is 17.0 Å². The van der Waals surface area contributed by atoms with E-state index in [1.54, 1.807) is 0 Å². The van der Waals surface area contributed by atoms with Gasteiger partial charge in [-0.15, -0.1) is 0 Å². The molecule has 4 heteroatoms. The van der Waals surface area contributed by atoms with Crippen LogP contribution in [0.1, 0.15) is 21.6 Å². The highest BCUT2D eigenvalue weighted by Gasteiger charge is 2.15. The number of aryl methyl sites for hydroxylation is 1. The predicted octanol–water partition coefficient (Wildman–Crippen LogP) is 1.92. The van der Waals surface area contributed by atoms with Gasteiger partial charge in [0.15, 0.2) is 0 Å². The molecular formula is C15H17N3O.